The number of rotatable bonds is 16. The molecule has 0 spiro atoms. The molecule has 0 aromatic carbocycles. The van der Waals surface area contributed by atoms with Crippen LogP contribution in [0.15, 0.2) is 0 Å². The van der Waals surface area contributed by atoms with Gasteiger partial charge < -0.3 is 4.18 Å². The van der Waals surface area contributed by atoms with Crippen molar-refractivity contribution in [1.82, 2.24) is 0 Å². The fourth-order valence-corrected chi connectivity index (χ4v) is 3.34. The van der Waals surface area contributed by atoms with Gasteiger partial charge in [-0.2, -0.15) is 0 Å². The summed E-state index contributed by atoms with van der Waals surface area (Å²) in [7, 11) is 0. The minimum atomic E-state index is -0.207. The van der Waals surface area contributed by atoms with Gasteiger partial charge in [0.1, 0.15) is 0 Å². The number of carbonyl (C=O) groups is 1. The van der Waals surface area contributed by atoms with Gasteiger partial charge in [0, 0.05) is 19.3 Å². The van der Waals surface area contributed by atoms with Crippen molar-refractivity contribution < 1.29 is 8.98 Å². The fourth-order valence-electron chi connectivity index (χ4n) is 2.53. The first-order valence-corrected chi connectivity index (χ1v) is 12.6. The molecule has 0 aliphatic heterocycles. The van der Waals surface area contributed by atoms with E-state index in [1.54, 1.807) is 22.5 Å². The molecule has 24 heavy (non-hydrogen) atoms. The summed E-state index contributed by atoms with van der Waals surface area (Å²) in [5.41, 5.74) is 0. The van der Waals surface area contributed by atoms with Crippen LogP contribution in [0.1, 0.15) is 117 Å². The second kappa shape index (κ2) is 25.9. The Bertz CT molecular complexity index is 232. The van der Waals surface area contributed by atoms with E-state index in [4.69, 9.17) is 0 Å². The van der Waals surface area contributed by atoms with Crippen molar-refractivity contribution >= 4 is 41.4 Å². The molecule has 0 N–H and O–H groups in total. The molecule has 0 aromatic rings. The van der Waals surface area contributed by atoms with E-state index in [9.17, 15) is 4.79 Å². The van der Waals surface area contributed by atoms with E-state index in [2.05, 4.69) is 30.9 Å². The summed E-state index contributed by atoms with van der Waals surface area (Å²) in [6.45, 7) is 4.50. The second-order valence-electron chi connectivity index (χ2n) is 6.56. The molecule has 0 saturated heterocycles. The van der Waals surface area contributed by atoms with Crippen molar-refractivity contribution in [1.29, 1.82) is 0 Å². The predicted molar refractivity (Wildman–Crippen MR) is 111 cm³/mol. The van der Waals surface area contributed by atoms with Crippen molar-refractivity contribution in [3.8, 4) is 0 Å². The molecule has 0 fully saturated rings. The standard InChI is InChI=1S/C12H24O2S.C8H17.Sn/c1-2-3-4-5-6-7-8-9-10-11-12(13)14-15;1-3-5-7-8-6-4-2;/h15H,2-11H2,1H3;1,3-8H2,2H3;. The first-order valence-electron chi connectivity index (χ1n) is 10.2. The number of carbonyl (C=O) groups excluding carboxylic acids is 1. The third-order valence-corrected chi connectivity index (χ3v) is 5.33. The topological polar surface area (TPSA) is 26.3 Å². The Morgan fingerprint density at radius 2 is 1.08 bits per heavy atom. The van der Waals surface area contributed by atoms with Crippen molar-refractivity contribution in [3.63, 3.8) is 0 Å². The van der Waals surface area contributed by atoms with Crippen molar-refractivity contribution in [2.24, 2.45) is 0 Å². The molecule has 4 heteroatoms. The van der Waals surface area contributed by atoms with Gasteiger partial charge in [-0.25, -0.2) is 0 Å². The molecule has 0 atom stereocenters. The number of thiol groups is 1. The molecule has 0 aliphatic rings. The van der Waals surface area contributed by atoms with Crippen LogP contribution in [0.25, 0.3) is 0 Å². The summed E-state index contributed by atoms with van der Waals surface area (Å²) >= 11 is 5.17. The molecular formula is C20H41O2SSn. The van der Waals surface area contributed by atoms with E-state index in [0.29, 0.717) is 6.42 Å². The van der Waals surface area contributed by atoms with Crippen LogP contribution in [-0.2, 0) is 8.98 Å². The normalized spacial score (nSPS) is 10.2. The van der Waals surface area contributed by atoms with Crippen LogP contribution in [0.3, 0.4) is 0 Å². The zero-order valence-corrected chi connectivity index (χ0v) is 20.0. The molecule has 0 bridgehead atoms. The Morgan fingerprint density at radius 1 is 0.708 bits per heavy atom. The molecule has 0 rings (SSSR count). The third kappa shape index (κ3) is 27.5. The first kappa shape index (κ1) is 26.8. The zero-order valence-electron chi connectivity index (χ0n) is 16.3. The van der Waals surface area contributed by atoms with Crippen LogP contribution in [0, 0.1) is 0 Å². The molecule has 0 heterocycles. The van der Waals surface area contributed by atoms with Crippen molar-refractivity contribution in [2.75, 3.05) is 0 Å². The summed E-state index contributed by atoms with van der Waals surface area (Å²) in [4.78, 5) is 10.7. The van der Waals surface area contributed by atoms with Crippen LogP contribution in [0.4, 0.5) is 0 Å². The Hall–Kier alpha value is 0.619. The van der Waals surface area contributed by atoms with Gasteiger partial charge in [-0.05, 0) is 6.42 Å². The molecular weight excluding hydrogens is 423 g/mol. The van der Waals surface area contributed by atoms with Crippen LogP contribution < -0.4 is 0 Å². The molecule has 2 nitrogen and oxygen atoms in total. The SMILES string of the molecule is CCCCCCCCCCCC(=O)OS.CCCCCCC[CH2][Sn]. The molecule has 0 amide bonds. The number of unbranched alkanes of at least 4 members (excludes halogenated alkanes) is 13. The van der Waals surface area contributed by atoms with E-state index in [-0.39, 0.29) is 5.97 Å². The first-order chi connectivity index (χ1) is 11.7. The number of hydrogen-bond acceptors (Lipinski definition) is 3. The van der Waals surface area contributed by atoms with Gasteiger partial charge in [0.2, 0.25) is 0 Å². The summed E-state index contributed by atoms with van der Waals surface area (Å²) in [6.07, 6.45) is 20.6. The quantitative estimate of drug-likeness (QED) is 0.113. The van der Waals surface area contributed by atoms with E-state index in [1.165, 1.54) is 87.9 Å². The van der Waals surface area contributed by atoms with Crippen molar-refractivity contribution in [3.05, 3.63) is 0 Å². The molecule has 0 unspecified atom stereocenters. The van der Waals surface area contributed by atoms with Gasteiger partial charge >= 0.3 is 78.4 Å². The van der Waals surface area contributed by atoms with E-state index in [0.717, 1.165) is 12.8 Å². The average Bonchev–Trinajstić information content (AvgIpc) is 2.60. The Labute approximate surface area is 171 Å². The second-order valence-corrected chi connectivity index (χ2v) is 8.17. The summed E-state index contributed by atoms with van der Waals surface area (Å²) in [6, 6.07) is 0. The minimum absolute atomic E-state index is 0.207. The molecule has 3 radical (unpaired) electrons. The molecule has 0 saturated carbocycles. The summed E-state index contributed by atoms with van der Waals surface area (Å²) < 4.78 is 5.73. The third-order valence-electron chi connectivity index (χ3n) is 4.12. The van der Waals surface area contributed by atoms with Crippen LogP contribution in [0.2, 0.25) is 4.44 Å². The van der Waals surface area contributed by atoms with E-state index < -0.39 is 0 Å². The van der Waals surface area contributed by atoms with Gasteiger partial charge in [-0.3, -0.25) is 4.79 Å². The van der Waals surface area contributed by atoms with E-state index in [1.807, 2.05) is 0 Å². The maximum absolute atomic E-state index is 10.7. The van der Waals surface area contributed by atoms with Gasteiger partial charge in [-0.1, -0.05) is 58.3 Å². The van der Waals surface area contributed by atoms with Gasteiger partial charge in [0.05, 0.1) is 0 Å². The van der Waals surface area contributed by atoms with Crippen LogP contribution in [0.5, 0.6) is 0 Å². The van der Waals surface area contributed by atoms with Gasteiger partial charge in [0.25, 0.3) is 0 Å². The van der Waals surface area contributed by atoms with Crippen LogP contribution >= 0.6 is 12.9 Å². The Balaban J connectivity index is 0. The Kier molecular flexibility index (Phi) is 28.9. The zero-order chi connectivity index (χ0) is 18.3. The summed E-state index contributed by atoms with van der Waals surface area (Å²) in [5.74, 6) is -0.207. The molecule has 143 valence electrons. The predicted octanol–water partition coefficient (Wildman–Crippen LogP) is 7.23. The monoisotopic (exact) mass is 465 g/mol. The summed E-state index contributed by atoms with van der Waals surface area (Å²) in [5, 5.41) is 0. The van der Waals surface area contributed by atoms with E-state index >= 15 is 0 Å². The molecule has 0 aliphatic carbocycles. The number of hydrogen-bond donors (Lipinski definition) is 1. The Morgan fingerprint density at radius 3 is 1.46 bits per heavy atom. The van der Waals surface area contributed by atoms with Gasteiger partial charge in [-0.15, -0.1) is 0 Å². The van der Waals surface area contributed by atoms with Crippen molar-refractivity contribution in [2.45, 2.75) is 121 Å². The van der Waals surface area contributed by atoms with Crippen LogP contribution in [-0.4, -0.2) is 28.5 Å². The average molecular weight is 464 g/mol. The molecule has 0 aromatic heterocycles. The maximum atomic E-state index is 10.7. The fraction of sp³-hybridized carbons (Fsp3) is 0.950. The van der Waals surface area contributed by atoms with Gasteiger partial charge in [0.15, 0.2) is 0 Å².